The molecule has 1 aliphatic carbocycles. The fourth-order valence-electron chi connectivity index (χ4n) is 2.87. The van der Waals surface area contributed by atoms with Crippen LogP contribution in [-0.2, 0) is 9.47 Å². The van der Waals surface area contributed by atoms with E-state index in [9.17, 15) is 0 Å². The summed E-state index contributed by atoms with van der Waals surface area (Å²) < 4.78 is 16.3. The van der Waals surface area contributed by atoms with Gasteiger partial charge in [-0.25, -0.2) is 0 Å². The van der Waals surface area contributed by atoms with Gasteiger partial charge in [0.15, 0.2) is 0 Å². The van der Waals surface area contributed by atoms with E-state index in [-0.39, 0.29) is 0 Å². The summed E-state index contributed by atoms with van der Waals surface area (Å²) in [5, 5.41) is 0. The van der Waals surface area contributed by atoms with Crippen LogP contribution in [0.1, 0.15) is 44.1 Å². The Labute approximate surface area is 133 Å². The van der Waals surface area contributed by atoms with Crippen molar-refractivity contribution < 1.29 is 14.2 Å². The van der Waals surface area contributed by atoms with E-state index in [1.54, 1.807) is 0 Å². The number of hydrogen-bond acceptors (Lipinski definition) is 4. The van der Waals surface area contributed by atoms with Crippen LogP contribution in [0.2, 0.25) is 0 Å². The van der Waals surface area contributed by atoms with Gasteiger partial charge in [-0.1, -0.05) is 12.1 Å². The molecule has 22 heavy (non-hydrogen) atoms. The highest BCUT2D eigenvalue weighted by Gasteiger charge is 2.19. The molecule has 0 radical (unpaired) electrons. The molecule has 0 saturated heterocycles. The van der Waals surface area contributed by atoms with Crippen LogP contribution in [0.4, 0.5) is 0 Å². The van der Waals surface area contributed by atoms with Crippen molar-refractivity contribution in [2.24, 2.45) is 5.73 Å². The third-order valence-electron chi connectivity index (χ3n) is 4.20. The molecule has 0 unspecified atom stereocenters. The van der Waals surface area contributed by atoms with Gasteiger partial charge >= 0.3 is 0 Å². The molecule has 0 atom stereocenters. The molecule has 1 aromatic rings. The molecule has 124 valence electrons. The second-order valence-electron chi connectivity index (χ2n) is 5.84. The highest BCUT2D eigenvalue weighted by Crippen LogP contribution is 2.32. The molecule has 4 heteroatoms. The minimum absolute atomic E-state index is 0.404. The molecule has 2 rings (SSSR count). The lowest BCUT2D eigenvalue weighted by molar-refractivity contribution is 0.0405. The maximum Gasteiger partial charge on any atom is 0.119 e. The first kappa shape index (κ1) is 17.3. The molecule has 0 spiro atoms. The molecule has 0 aliphatic heterocycles. The Bertz CT molecular complexity index is 399. The fourth-order valence-corrected chi connectivity index (χ4v) is 2.87. The average Bonchev–Trinajstić information content (AvgIpc) is 2.55. The van der Waals surface area contributed by atoms with E-state index in [0.29, 0.717) is 38.4 Å². The van der Waals surface area contributed by atoms with E-state index in [1.807, 2.05) is 6.92 Å². The Hall–Kier alpha value is -1.10. The Morgan fingerprint density at radius 2 is 1.55 bits per heavy atom. The number of nitrogens with two attached hydrogens (primary N) is 1. The van der Waals surface area contributed by atoms with Crippen LogP contribution < -0.4 is 10.5 Å². The maximum atomic E-state index is 5.97. The molecule has 1 saturated carbocycles. The normalized spacial score (nSPS) is 21.7. The van der Waals surface area contributed by atoms with Crippen LogP contribution in [0.5, 0.6) is 5.75 Å². The lowest BCUT2D eigenvalue weighted by atomic mass is 9.82. The Kier molecular flexibility index (Phi) is 7.71. The third-order valence-corrected chi connectivity index (χ3v) is 4.20. The molecule has 2 N–H and O–H groups in total. The lowest BCUT2D eigenvalue weighted by Crippen LogP contribution is -2.25. The second-order valence-corrected chi connectivity index (χ2v) is 5.84. The summed E-state index contributed by atoms with van der Waals surface area (Å²) in [6.07, 6.45) is 4.69. The van der Waals surface area contributed by atoms with Crippen LogP contribution in [-0.4, -0.2) is 39.1 Å². The van der Waals surface area contributed by atoms with E-state index >= 15 is 0 Å². The van der Waals surface area contributed by atoms with E-state index in [2.05, 4.69) is 24.3 Å². The largest absolute Gasteiger partial charge is 0.491 e. The Morgan fingerprint density at radius 1 is 0.909 bits per heavy atom. The molecule has 1 aromatic carbocycles. The van der Waals surface area contributed by atoms with Gasteiger partial charge in [0.25, 0.3) is 0 Å². The van der Waals surface area contributed by atoms with Crippen LogP contribution in [0, 0.1) is 0 Å². The van der Waals surface area contributed by atoms with Gasteiger partial charge in [0, 0.05) is 12.6 Å². The molecule has 0 amide bonds. The van der Waals surface area contributed by atoms with Crippen LogP contribution in [0.15, 0.2) is 24.3 Å². The molecule has 4 nitrogen and oxygen atoms in total. The first-order chi connectivity index (χ1) is 10.8. The smallest absolute Gasteiger partial charge is 0.119 e. The average molecular weight is 307 g/mol. The SMILES string of the molecule is CCOCCOCCOc1ccc(C2CCC(N)CC2)cc1. The molecule has 1 fully saturated rings. The minimum atomic E-state index is 0.404. The van der Waals surface area contributed by atoms with Crippen molar-refractivity contribution in [1.29, 1.82) is 0 Å². The zero-order valence-electron chi connectivity index (χ0n) is 13.6. The summed E-state index contributed by atoms with van der Waals surface area (Å²) >= 11 is 0. The minimum Gasteiger partial charge on any atom is -0.491 e. The molecule has 0 bridgehead atoms. The first-order valence-electron chi connectivity index (χ1n) is 8.43. The number of benzene rings is 1. The van der Waals surface area contributed by atoms with Crippen molar-refractivity contribution in [3.8, 4) is 5.75 Å². The summed E-state index contributed by atoms with van der Waals surface area (Å²) in [5.41, 5.74) is 7.38. The summed E-state index contributed by atoms with van der Waals surface area (Å²) in [7, 11) is 0. The highest BCUT2D eigenvalue weighted by molar-refractivity contribution is 5.29. The van der Waals surface area contributed by atoms with Gasteiger partial charge in [-0.2, -0.15) is 0 Å². The predicted molar refractivity (Wildman–Crippen MR) is 88.4 cm³/mol. The van der Waals surface area contributed by atoms with Gasteiger partial charge in [-0.05, 0) is 56.2 Å². The monoisotopic (exact) mass is 307 g/mol. The topological polar surface area (TPSA) is 53.7 Å². The first-order valence-corrected chi connectivity index (χ1v) is 8.43. The van der Waals surface area contributed by atoms with Gasteiger partial charge < -0.3 is 19.9 Å². The van der Waals surface area contributed by atoms with Crippen LogP contribution in [0.3, 0.4) is 0 Å². The summed E-state index contributed by atoms with van der Waals surface area (Å²) in [5.74, 6) is 1.57. The Morgan fingerprint density at radius 3 is 2.23 bits per heavy atom. The molecule has 1 aliphatic rings. The van der Waals surface area contributed by atoms with Gasteiger partial charge in [0.2, 0.25) is 0 Å². The fraction of sp³-hybridized carbons (Fsp3) is 0.667. The summed E-state index contributed by atoms with van der Waals surface area (Å²) in [6.45, 7) is 5.16. The predicted octanol–water partition coefficient (Wildman–Crippen LogP) is 3.10. The van der Waals surface area contributed by atoms with Crippen molar-refractivity contribution in [2.75, 3.05) is 33.0 Å². The van der Waals surface area contributed by atoms with Crippen molar-refractivity contribution in [3.63, 3.8) is 0 Å². The van der Waals surface area contributed by atoms with Crippen LogP contribution >= 0.6 is 0 Å². The summed E-state index contributed by atoms with van der Waals surface area (Å²) in [6, 6.07) is 8.90. The zero-order chi connectivity index (χ0) is 15.6. The maximum absolute atomic E-state index is 5.97. The van der Waals surface area contributed by atoms with E-state index in [1.165, 1.54) is 18.4 Å². The van der Waals surface area contributed by atoms with Gasteiger partial charge in [-0.3, -0.25) is 0 Å². The number of rotatable bonds is 9. The van der Waals surface area contributed by atoms with E-state index < -0.39 is 0 Å². The van der Waals surface area contributed by atoms with Gasteiger partial charge in [-0.15, -0.1) is 0 Å². The second kappa shape index (κ2) is 9.82. The standard InChI is InChI=1S/C18H29NO3/c1-2-20-11-12-21-13-14-22-18-9-5-16(6-10-18)15-3-7-17(19)8-4-15/h5-6,9-10,15,17H,2-4,7-8,11-14,19H2,1H3. The van der Waals surface area contributed by atoms with Gasteiger partial charge in [0.05, 0.1) is 19.8 Å². The molecular formula is C18H29NO3. The van der Waals surface area contributed by atoms with E-state index in [4.69, 9.17) is 19.9 Å². The summed E-state index contributed by atoms with van der Waals surface area (Å²) in [4.78, 5) is 0. The molecule has 0 aromatic heterocycles. The molecular weight excluding hydrogens is 278 g/mol. The highest BCUT2D eigenvalue weighted by atomic mass is 16.5. The quantitative estimate of drug-likeness (QED) is 0.712. The third kappa shape index (κ3) is 5.95. The van der Waals surface area contributed by atoms with Crippen LogP contribution in [0.25, 0.3) is 0 Å². The number of ether oxygens (including phenoxy) is 3. The van der Waals surface area contributed by atoms with Crippen molar-refractivity contribution >= 4 is 0 Å². The Balaban J connectivity index is 1.64. The lowest BCUT2D eigenvalue weighted by Gasteiger charge is -2.26. The van der Waals surface area contributed by atoms with Crippen molar-refractivity contribution in [1.82, 2.24) is 0 Å². The van der Waals surface area contributed by atoms with Crippen molar-refractivity contribution in [2.45, 2.75) is 44.6 Å². The zero-order valence-corrected chi connectivity index (χ0v) is 13.6. The van der Waals surface area contributed by atoms with E-state index in [0.717, 1.165) is 25.2 Å². The van der Waals surface area contributed by atoms with Crippen molar-refractivity contribution in [3.05, 3.63) is 29.8 Å². The molecule has 0 heterocycles. The number of hydrogen-bond donors (Lipinski definition) is 1. The van der Waals surface area contributed by atoms with Gasteiger partial charge in [0.1, 0.15) is 12.4 Å².